The van der Waals surface area contributed by atoms with Crippen molar-refractivity contribution in [3.63, 3.8) is 0 Å². The number of hydrogen-bond acceptors (Lipinski definition) is 4. The number of carbonyl (C=O) groups is 1. The monoisotopic (exact) mass is 288 g/mol. The van der Waals surface area contributed by atoms with Crippen LogP contribution in [0.15, 0.2) is 36.7 Å². The second-order valence-corrected chi connectivity index (χ2v) is 5.05. The highest BCUT2D eigenvalue weighted by Gasteiger charge is 2.08. The molecule has 21 heavy (non-hydrogen) atoms. The number of hydrogen-bond donors (Lipinski definition) is 2. The highest BCUT2D eigenvalue weighted by atomic mass is 16.5. The standard InChI is InChI=1S/C15H20N4O2/c1-11(2)19-9-14(8-17-19)21-10-13-6-4-3-5-12(13)7-15(20)18-16/h3-6,8-9,11H,7,10,16H2,1-2H3,(H,18,20). The summed E-state index contributed by atoms with van der Waals surface area (Å²) in [6, 6.07) is 7.93. The second kappa shape index (κ2) is 6.90. The number of ether oxygens (including phenoxy) is 1. The van der Waals surface area contributed by atoms with Gasteiger partial charge in [-0.25, -0.2) is 5.84 Å². The minimum absolute atomic E-state index is 0.227. The fourth-order valence-corrected chi connectivity index (χ4v) is 1.93. The first-order valence-electron chi connectivity index (χ1n) is 6.83. The Kier molecular flexibility index (Phi) is 4.94. The van der Waals surface area contributed by atoms with Crippen molar-refractivity contribution < 1.29 is 9.53 Å². The van der Waals surface area contributed by atoms with E-state index in [1.807, 2.05) is 35.1 Å². The predicted molar refractivity (Wildman–Crippen MR) is 79.4 cm³/mol. The first-order chi connectivity index (χ1) is 10.1. The number of nitrogens with two attached hydrogens (primary N) is 1. The molecular weight excluding hydrogens is 268 g/mol. The minimum Gasteiger partial charge on any atom is -0.486 e. The summed E-state index contributed by atoms with van der Waals surface area (Å²) in [4.78, 5) is 11.4. The molecule has 0 saturated heterocycles. The molecule has 0 aliphatic carbocycles. The van der Waals surface area contributed by atoms with Gasteiger partial charge in [0.15, 0.2) is 5.75 Å². The van der Waals surface area contributed by atoms with Gasteiger partial charge in [0.2, 0.25) is 5.91 Å². The first-order valence-corrected chi connectivity index (χ1v) is 6.83. The quantitative estimate of drug-likeness (QED) is 0.480. The third-order valence-corrected chi connectivity index (χ3v) is 3.13. The molecule has 1 heterocycles. The first kappa shape index (κ1) is 15.1. The van der Waals surface area contributed by atoms with Gasteiger partial charge in [-0.1, -0.05) is 24.3 Å². The molecule has 0 spiro atoms. The van der Waals surface area contributed by atoms with Gasteiger partial charge in [0.1, 0.15) is 6.61 Å². The number of nitrogens with zero attached hydrogens (tertiary/aromatic N) is 2. The molecule has 3 N–H and O–H groups in total. The van der Waals surface area contributed by atoms with E-state index in [-0.39, 0.29) is 12.3 Å². The lowest BCUT2D eigenvalue weighted by Gasteiger charge is -2.09. The van der Waals surface area contributed by atoms with Gasteiger partial charge in [-0.2, -0.15) is 5.10 Å². The maximum absolute atomic E-state index is 11.4. The van der Waals surface area contributed by atoms with Gasteiger partial charge in [0, 0.05) is 6.04 Å². The van der Waals surface area contributed by atoms with Crippen LogP contribution in [0.5, 0.6) is 5.75 Å². The molecule has 0 radical (unpaired) electrons. The highest BCUT2D eigenvalue weighted by Crippen LogP contribution is 2.16. The van der Waals surface area contributed by atoms with E-state index in [4.69, 9.17) is 10.6 Å². The average Bonchev–Trinajstić information content (AvgIpc) is 2.95. The van der Waals surface area contributed by atoms with Crippen molar-refractivity contribution in [2.45, 2.75) is 32.9 Å². The summed E-state index contributed by atoms with van der Waals surface area (Å²) in [7, 11) is 0. The molecule has 0 aliphatic rings. The molecule has 112 valence electrons. The largest absolute Gasteiger partial charge is 0.486 e. The van der Waals surface area contributed by atoms with Crippen LogP contribution in [0.3, 0.4) is 0 Å². The Morgan fingerprint density at radius 1 is 1.38 bits per heavy atom. The smallest absolute Gasteiger partial charge is 0.238 e. The summed E-state index contributed by atoms with van der Waals surface area (Å²) in [5.74, 6) is 5.61. The van der Waals surface area contributed by atoms with E-state index in [0.717, 1.165) is 11.1 Å². The van der Waals surface area contributed by atoms with Crippen LogP contribution in [0.25, 0.3) is 0 Å². The molecule has 6 nitrogen and oxygen atoms in total. The number of hydrazine groups is 1. The third kappa shape index (κ3) is 4.06. The lowest BCUT2D eigenvalue weighted by atomic mass is 10.1. The van der Waals surface area contributed by atoms with Crippen LogP contribution >= 0.6 is 0 Å². The van der Waals surface area contributed by atoms with E-state index >= 15 is 0 Å². The van der Waals surface area contributed by atoms with Gasteiger partial charge in [-0.05, 0) is 25.0 Å². The zero-order valence-electron chi connectivity index (χ0n) is 12.2. The molecule has 0 saturated carbocycles. The molecule has 6 heteroatoms. The summed E-state index contributed by atoms with van der Waals surface area (Å²) >= 11 is 0. The van der Waals surface area contributed by atoms with Crippen molar-refractivity contribution >= 4 is 5.91 Å². The van der Waals surface area contributed by atoms with Crippen LogP contribution in [0.2, 0.25) is 0 Å². The minimum atomic E-state index is -0.227. The molecule has 0 fully saturated rings. The molecule has 0 atom stereocenters. The van der Waals surface area contributed by atoms with Crippen molar-refractivity contribution in [2.75, 3.05) is 0 Å². The molecular formula is C15H20N4O2. The maximum Gasteiger partial charge on any atom is 0.238 e. The highest BCUT2D eigenvalue weighted by molar-refractivity contribution is 5.78. The van der Waals surface area contributed by atoms with E-state index in [9.17, 15) is 4.79 Å². The molecule has 2 aromatic rings. The van der Waals surface area contributed by atoms with Crippen molar-refractivity contribution in [3.8, 4) is 5.75 Å². The molecule has 1 amide bonds. The van der Waals surface area contributed by atoms with E-state index < -0.39 is 0 Å². The summed E-state index contributed by atoms with van der Waals surface area (Å²) in [6.07, 6.45) is 3.79. The number of aromatic nitrogens is 2. The topological polar surface area (TPSA) is 82.2 Å². The van der Waals surface area contributed by atoms with Crippen molar-refractivity contribution in [3.05, 3.63) is 47.8 Å². The number of nitrogens with one attached hydrogen (secondary N) is 1. The van der Waals surface area contributed by atoms with Gasteiger partial charge in [0.05, 0.1) is 18.8 Å². The van der Waals surface area contributed by atoms with E-state index in [2.05, 4.69) is 24.4 Å². The van der Waals surface area contributed by atoms with Gasteiger partial charge >= 0.3 is 0 Å². The number of carbonyl (C=O) groups excluding carboxylic acids is 1. The van der Waals surface area contributed by atoms with Crippen LogP contribution in [0.1, 0.15) is 31.0 Å². The lowest BCUT2D eigenvalue weighted by molar-refractivity contribution is -0.120. The van der Waals surface area contributed by atoms with E-state index in [1.54, 1.807) is 6.20 Å². The van der Waals surface area contributed by atoms with Gasteiger partial charge < -0.3 is 4.74 Å². The summed E-state index contributed by atoms with van der Waals surface area (Å²) in [5, 5.41) is 4.22. The average molecular weight is 288 g/mol. The predicted octanol–water partition coefficient (Wildman–Crippen LogP) is 1.58. The Hall–Kier alpha value is -2.34. The van der Waals surface area contributed by atoms with E-state index in [1.165, 1.54) is 0 Å². The zero-order chi connectivity index (χ0) is 15.2. The molecule has 1 aromatic heterocycles. The van der Waals surface area contributed by atoms with Gasteiger partial charge in [-0.15, -0.1) is 0 Å². The van der Waals surface area contributed by atoms with Gasteiger partial charge in [-0.3, -0.25) is 14.9 Å². The molecule has 2 rings (SSSR count). The fourth-order valence-electron chi connectivity index (χ4n) is 1.93. The molecule has 0 unspecified atom stereocenters. The van der Waals surface area contributed by atoms with E-state index in [0.29, 0.717) is 18.4 Å². The normalized spacial score (nSPS) is 10.7. The second-order valence-electron chi connectivity index (χ2n) is 5.05. The molecule has 1 aromatic carbocycles. The third-order valence-electron chi connectivity index (χ3n) is 3.13. The van der Waals surface area contributed by atoms with Crippen LogP contribution in [0, 0.1) is 0 Å². The van der Waals surface area contributed by atoms with Crippen molar-refractivity contribution in [2.24, 2.45) is 5.84 Å². The van der Waals surface area contributed by atoms with Crippen molar-refractivity contribution in [1.29, 1.82) is 0 Å². The SMILES string of the molecule is CC(C)n1cc(OCc2ccccc2CC(=O)NN)cn1. The lowest BCUT2D eigenvalue weighted by Crippen LogP contribution is -2.31. The summed E-state index contributed by atoms with van der Waals surface area (Å²) in [6.45, 7) is 4.49. The zero-order valence-corrected chi connectivity index (χ0v) is 12.2. The Bertz CT molecular complexity index is 607. The number of benzene rings is 1. The molecule has 0 bridgehead atoms. The number of amides is 1. The van der Waals surface area contributed by atoms with Crippen LogP contribution in [-0.2, 0) is 17.8 Å². The Morgan fingerprint density at radius 2 is 2.10 bits per heavy atom. The molecule has 0 aliphatic heterocycles. The summed E-state index contributed by atoms with van der Waals surface area (Å²) < 4.78 is 7.57. The van der Waals surface area contributed by atoms with Gasteiger partial charge in [0.25, 0.3) is 0 Å². The van der Waals surface area contributed by atoms with Crippen LogP contribution in [-0.4, -0.2) is 15.7 Å². The van der Waals surface area contributed by atoms with Crippen LogP contribution < -0.4 is 16.0 Å². The van der Waals surface area contributed by atoms with Crippen LogP contribution in [0.4, 0.5) is 0 Å². The number of rotatable bonds is 6. The maximum atomic E-state index is 11.4. The van der Waals surface area contributed by atoms with Crippen molar-refractivity contribution in [1.82, 2.24) is 15.2 Å². The Morgan fingerprint density at radius 3 is 2.71 bits per heavy atom. The Labute approximate surface area is 123 Å². The summed E-state index contributed by atoms with van der Waals surface area (Å²) in [5.41, 5.74) is 3.99. The fraction of sp³-hybridized carbons (Fsp3) is 0.333. The Balaban J connectivity index is 2.03.